The number of benzene rings is 1. The molecule has 3 heterocycles. The summed E-state index contributed by atoms with van der Waals surface area (Å²) < 4.78 is 11.1. The number of furan rings is 1. The SMILES string of the molecule is Cc1ccc(C2=NN(C(=O)CN(CCN3CCOCC3)C(=O)NC(C)(C)C)C(c3ccco3)C2)cc1C. The van der Waals surface area contributed by atoms with E-state index in [-0.39, 0.29) is 24.5 Å². The lowest BCUT2D eigenvalue weighted by Gasteiger charge is -2.32. The fraction of sp³-hybridized carbons (Fsp3) is 0.536. The molecule has 2 aliphatic heterocycles. The van der Waals surface area contributed by atoms with Gasteiger partial charge in [-0.05, 0) is 69.5 Å². The van der Waals surface area contributed by atoms with Crippen LogP contribution >= 0.6 is 0 Å². The van der Waals surface area contributed by atoms with Crippen LogP contribution in [-0.2, 0) is 9.53 Å². The molecule has 1 atom stereocenters. The van der Waals surface area contributed by atoms with Crippen molar-refractivity contribution in [3.63, 3.8) is 0 Å². The molecule has 1 fully saturated rings. The summed E-state index contributed by atoms with van der Waals surface area (Å²) in [5, 5.41) is 9.26. The first-order valence-corrected chi connectivity index (χ1v) is 13.0. The third-order valence-electron chi connectivity index (χ3n) is 6.76. The van der Waals surface area contributed by atoms with Crippen LogP contribution in [-0.4, -0.2) is 83.9 Å². The minimum atomic E-state index is -0.420. The summed E-state index contributed by atoms with van der Waals surface area (Å²) in [6.07, 6.45) is 2.15. The monoisotopic (exact) mass is 509 g/mol. The zero-order valence-electron chi connectivity index (χ0n) is 22.6. The Kier molecular flexibility index (Phi) is 8.34. The fourth-order valence-corrected chi connectivity index (χ4v) is 4.51. The number of morpholine rings is 1. The van der Waals surface area contributed by atoms with Crippen LogP contribution in [0.25, 0.3) is 0 Å². The van der Waals surface area contributed by atoms with Crippen LogP contribution in [0.4, 0.5) is 4.79 Å². The van der Waals surface area contributed by atoms with Gasteiger partial charge in [-0.3, -0.25) is 9.69 Å². The molecule has 0 bridgehead atoms. The van der Waals surface area contributed by atoms with Crippen molar-refractivity contribution in [3.8, 4) is 0 Å². The van der Waals surface area contributed by atoms with Crippen molar-refractivity contribution >= 4 is 17.6 Å². The molecular formula is C28H39N5O4. The van der Waals surface area contributed by atoms with Gasteiger partial charge in [0, 0.05) is 38.1 Å². The van der Waals surface area contributed by atoms with Gasteiger partial charge in [-0.15, -0.1) is 0 Å². The highest BCUT2D eigenvalue weighted by Gasteiger charge is 2.36. The standard InChI is InChI=1S/C28H39N5O4/c1-20-8-9-22(17-21(20)2)23-18-24(25-7-6-14-37-25)33(30-23)26(34)19-32(27(35)29-28(3,4)5)11-10-31-12-15-36-16-13-31/h6-9,14,17,24H,10-13,15-16,18-19H2,1-5H3,(H,29,35). The summed E-state index contributed by atoms with van der Waals surface area (Å²) in [5.41, 5.74) is 3.78. The maximum Gasteiger partial charge on any atom is 0.318 e. The number of carbonyl (C=O) groups is 2. The molecule has 9 heteroatoms. The average Bonchev–Trinajstić information content (AvgIpc) is 3.53. The smallest absolute Gasteiger partial charge is 0.318 e. The predicted molar refractivity (Wildman–Crippen MR) is 142 cm³/mol. The number of ether oxygens (including phenoxy) is 1. The lowest BCUT2D eigenvalue weighted by Crippen LogP contribution is -2.53. The summed E-state index contributed by atoms with van der Waals surface area (Å²) in [4.78, 5) is 30.7. The van der Waals surface area contributed by atoms with Crippen LogP contribution < -0.4 is 5.32 Å². The van der Waals surface area contributed by atoms with Gasteiger partial charge in [0.05, 0.1) is 25.2 Å². The Balaban J connectivity index is 1.55. The molecule has 1 unspecified atom stereocenters. The first-order chi connectivity index (χ1) is 17.6. The first kappa shape index (κ1) is 26.9. The molecular weight excluding hydrogens is 470 g/mol. The summed E-state index contributed by atoms with van der Waals surface area (Å²) in [6.45, 7) is 14.0. The van der Waals surface area contributed by atoms with E-state index in [2.05, 4.69) is 36.2 Å². The van der Waals surface area contributed by atoms with Gasteiger partial charge in [0.1, 0.15) is 18.3 Å². The van der Waals surface area contributed by atoms with Crippen LogP contribution in [0.1, 0.15) is 55.7 Å². The molecule has 1 aromatic heterocycles. The molecule has 0 radical (unpaired) electrons. The van der Waals surface area contributed by atoms with Crippen molar-refractivity contribution in [2.75, 3.05) is 45.9 Å². The second kappa shape index (κ2) is 11.5. The van der Waals surface area contributed by atoms with Crippen molar-refractivity contribution in [1.29, 1.82) is 0 Å². The number of carbonyl (C=O) groups excluding carboxylic acids is 2. The van der Waals surface area contributed by atoms with E-state index < -0.39 is 5.54 Å². The van der Waals surface area contributed by atoms with Gasteiger partial charge in [0.15, 0.2) is 0 Å². The third kappa shape index (κ3) is 6.99. The first-order valence-electron chi connectivity index (χ1n) is 13.0. The van der Waals surface area contributed by atoms with Crippen LogP contribution in [0.15, 0.2) is 46.1 Å². The number of hydrogen-bond donors (Lipinski definition) is 1. The number of urea groups is 1. The van der Waals surface area contributed by atoms with Crippen molar-refractivity contribution in [2.24, 2.45) is 5.10 Å². The van der Waals surface area contributed by atoms with E-state index in [4.69, 9.17) is 14.3 Å². The van der Waals surface area contributed by atoms with E-state index in [1.807, 2.05) is 39.0 Å². The van der Waals surface area contributed by atoms with Crippen molar-refractivity contribution in [2.45, 2.75) is 52.6 Å². The fourth-order valence-electron chi connectivity index (χ4n) is 4.51. The Morgan fingerprint density at radius 3 is 2.54 bits per heavy atom. The zero-order chi connectivity index (χ0) is 26.6. The molecule has 0 spiro atoms. The Morgan fingerprint density at radius 2 is 1.89 bits per heavy atom. The minimum Gasteiger partial charge on any atom is -0.467 e. The molecule has 200 valence electrons. The zero-order valence-corrected chi connectivity index (χ0v) is 22.6. The summed E-state index contributed by atoms with van der Waals surface area (Å²) in [7, 11) is 0. The molecule has 0 aliphatic carbocycles. The molecule has 4 rings (SSSR count). The summed E-state index contributed by atoms with van der Waals surface area (Å²) in [5.74, 6) is 0.432. The molecule has 37 heavy (non-hydrogen) atoms. The normalized spacial score (nSPS) is 18.6. The highest BCUT2D eigenvalue weighted by Crippen LogP contribution is 2.33. The maximum atomic E-state index is 13.7. The lowest BCUT2D eigenvalue weighted by atomic mass is 9.99. The molecule has 1 saturated heterocycles. The number of nitrogens with zero attached hydrogens (tertiary/aromatic N) is 4. The second-order valence-corrected chi connectivity index (χ2v) is 10.9. The number of aryl methyl sites for hydroxylation is 2. The Hall–Kier alpha value is -3.17. The number of hydrogen-bond acceptors (Lipinski definition) is 6. The van der Waals surface area contributed by atoms with Gasteiger partial charge >= 0.3 is 6.03 Å². The van der Waals surface area contributed by atoms with Gasteiger partial charge in [0.25, 0.3) is 5.91 Å². The van der Waals surface area contributed by atoms with E-state index in [0.717, 1.165) is 24.4 Å². The van der Waals surface area contributed by atoms with Gasteiger partial charge in [0.2, 0.25) is 0 Å². The largest absolute Gasteiger partial charge is 0.467 e. The van der Waals surface area contributed by atoms with Gasteiger partial charge in [-0.2, -0.15) is 5.10 Å². The Labute approximate surface area is 219 Å². The molecule has 1 aromatic carbocycles. The van der Waals surface area contributed by atoms with Gasteiger partial charge in [-0.25, -0.2) is 9.80 Å². The number of nitrogens with one attached hydrogen (secondary N) is 1. The second-order valence-electron chi connectivity index (χ2n) is 10.9. The van der Waals surface area contributed by atoms with E-state index >= 15 is 0 Å². The molecule has 2 aliphatic rings. The summed E-state index contributed by atoms with van der Waals surface area (Å²) >= 11 is 0. The number of rotatable bonds is 7. The van der Waals surface area contributed by atoms with Gasteiger partial charge < -0.3 is 19.4 Å². The van der Waals surface area contributed by atoms with Crippen molar-refractivity contribution in [1.82, 2.24) is 20.1 Å². The highest BCUT2D eigenvalue weighted by molar-refractivity contribution is 6.03. The summed E-state index contributed by atoms with van der Waals surface area (Å²) in [6, 6.07) is 9.28. The van der Waals surface area contributed by atoms with Crippen LogP contribution in [0, 0.1) is 13.8 Å². The topological polar surface area (TPSA) is 90.6 Å². The average molecular weight is 510 g/mol. The quantitative estimate of drug-likeness (QED) is 0.615. The lowest BCUT2D eigenvalue weighted by molar-refractivity contribution is -0.134. The van der Waals surface area contributed by atoms with E-state index in [9.17, 15) is 9.59 Å². The number of hydrazone groups is 1. The molecule has 2 aromatic rings. The van der Waals surface area contributed by atoms with E-state index in [0.29, 0.717) is 38.5 Å². The van der Waals surface area contributed by atoms with Crippen LogP contribution in [0.2, 0.25) is 0 Å². The molecule has 9 nitrogen and oxygen atoms in total. The molecule has 1 N–H and O–H groups in total. The van der Waals surface area contributed by atoms with E-state index in [1.54, 1.807) is 11.2 Å². The van der Waals surface area contributed by atoms with Gasteiger partial charge in [-0.1, -0.05) is 12.1 Å². The van der Waals surface area contributed by atoms with Crippen LogP contribution in [0.3, 0.4) is 0 Å². The Bertz CT molecular complexity index is 1120. The van der Waals surface area contributed by atoms with E-state index in [1.165, 1.54) is 16.1 Å². The molecule has 0 saturated carbocycles. The number of amides is 3. The third-order valence-corrected chi connectivity index (χ3v) is 6.76. The molecule has 3 amide bonds. The minimum absolute atomic E-state index is 0.0762. The highest BCUT2D eigenvalue weighted by atomic mass is 16.5. The van der Waals surface area contributed by atoms with Crippen molar-refractivity contribution < 1.29 is 18.7 Å². The van der Waals surface area contributed by atoms with Crippen molar-refractivity contribution in [3.05, 3.63) is 59.0 Å². The Morgan fingerprint density at radius 1 is 1.14 bits per heavy atom. The maximum absolute atomic E-state index is 13.7. The van der Waals surface area contributed by atoms with Crippen LogP contribution in [0.5, 0.6) is 0 Å². The predicted octanol–water partition coefficient (Wildman–Crippen LogP) is 3.72.